The van der Waals surface area contributed by atoms with Gasteiger partial charge in [0.15, 0.2) is 5.41 Å². The van der Waals surface area contributed by atoms with E-state index in [-0.39, 0.29) is 6.92 Å². The van der Waals surface area contributed by atoms with Crippen molar-refractivity contribution in [3.63, 3.8) is 0 Å². The molecular formula is C7H8F6. The normalized spacial score (nSPS) is 14.4. The average Bonchev–Trinajstić information content (AvgIpc) is 1.82. The summed E-state index contributed by atoms with van der Waals surface area (Å²) in [6.07, 6.45) is -11.2. The van der Waals surface area contributed by atoms with Crippen LogP contribution in [-0.4, -0.2) is 12.4 Å². The summed E-state index contributed by atoms with van der Waals surface area (Å²) in [5.74, 6) is 0. The zero-order valence-electron chi connectivity index (χ0n) is 6.76. The molecule has 0 N–H and O–H groups in total. The van der Waals surface area contributed by atoms with E-state index in [4.69, 9.17) is 0 Å². The smallest absolute Gasteiger partial charge is 0.170 e. The molecule has 0 radical (unpaired) electrons. The molecule has 0 aromatic heterocycles. The summed E-state index contributed by atoms with van der Waals surface area (Å²) < 4.78 is 72.1. The lowest BCUT2D eigenvalue weighted by Crippen LogP contribution is -2.47. The van der Waals surface area contributed by atoms with Gasteiger partial charge in [-0.15, -0.1) is 6.58 Å². The van der Waals surface area contributed by atoms with Crippen LogP contribution in [0.1, 0.15) is 13.3 Å². The van der Waals surface area contributed by atoms with Crippen molar-refractivity contribution in [1.29, 1.82) is 0 Å². The molecule has 78 valence electrons. The summed E-state index contributed by atoms with van der Waals surface area (Å²) in [5, 5.41) is 0. The molecule has 6 heteroatoms. The highest BCUT2D eigenvalue weighted by atomic mass is 19.4. The van der Waals surface area contributed by atoms with Crippen LogP contribution in [0.15, 0.2) is 12.7 Å². The summed E-state index contributed by atoms with van der Waals surface area (Å²) in [6.45, 7) is 2.99. The Labute approximate surface area is 71.2 Å². The monoisotopic (exact) mass is 206 g/mol. The summed E-state index contributed by atoms with van der Waals surface area (Å²) in [6, 6.07) is 0. The Morgan fingerprint density at radius 3 is 1.38 bits per heavy atom. The molecule has 0 saturated heterocycles. The van der Waals surface area contributed by atoms with E-state index in [2.05, 4.69) is 6.58 Å². The highest BCUT2D eigenvalue weighted by Gasteiger charge is 2.66. The maximum Gasteiger partial charge on any atom is 0.403 e. The van der Waals surface area contributed by atoms with Gasteiger partial charge in [0.1, 0.15) is 0 Å². The maximum atomic E-state index is 12.0. The van der Waals surface area contributed by atoms with E-state index in [1.165, 1.54) is 0 Å². The van der Waals surface area contributed by atoms with Gasteiger partial charge in [0.05, 0.1) is 0 Å². The molecule has 0 fully saturated rings. The van der Waals surface area contributed by atoms with Crippen LogP contribution < -0.4 is 0 Å². The number of hydrogen-bond donors (Lipinski definition) is 0. The van der Waals surface area contributed by atoms with Crippen LogP contribution in [0.4, 0.5) is 26.3 Å². The summed E-state index contributed by atoms with van der Waals surface area (Å²) in [4.78, 5) is 0. The quantitative estimate of drug-likeness (QED) is 0.477. The summed E-state index contributed by atoms with van der Waals surface area (Å²) >= 11 is 0. The van der Waals surface area contributed by atoms with Crippen molar-refractivity contribution in [2.45, 2.75) is 25.7 Å². The number of hydrogen-bond acceptors (Lipinski definition) is 0. The number of alkyl halides is 6. The molecule has 0 atom stereocenters. The Balaban J connectivity index is 5.07. The molecule has 0 aliphatic rings. The van der Waals surface area contributed by atoms with Crippen molar-refractivity contribution < 1.29 is 26.3 Å². The van der Waals surface area contributed by atoms with Crippen LogP contribution in [0.5, 0.6) is 0 Å². The van der Waals surface area contributed by atoms with E-state index in [9.17, 15) is 26.3 Å². The van der Waals surface area contributed by atoms with Gasteiger partial charge >= 0.3 is 12.4 Å². The van der Waals surface area contributed by atoms with E-state index in [0.717, 1.165) is 0 Å². The lowest BCUT2D eigenvalue weighted by Gasteiger charge is -2.32. The van der Waals surface area contributed by atoms with Crippen molar-refractivity contribution in [1.82, 2.24) is 0 Å². The standard InChI is InChI=1S/C7H8F6/c1-3-4-5(2,6(8,9)10)7(11,12)13/h3H,1,4H2,2H3. The predicted molar refractivity (Wildman–Crippen MR) is 35.0 cm³/mol. The zero-order chi connectivity index (χ0) is 10.9. The Bertz CT molecular complexity index is 172. The van der Waals surface area contributed by atoms with Gasteiger partial charge < -0.3 is 0 Å². The second-order valence-electron chi connectivity index (χ2n) is 2.82. The average molecular weight is 206 g/mol. The Morgan fingerprint density at radius 1 is 1.00 bits per heavy atom. The van der Waals surface area contributed by atoms with Gasteiger partial charge in [-0.05, 0) is 13.3 Å². The first-order valence-electron chi connectivity index (χ1n) is 3.30. The lowest BCUT2D eigenvalue weighted by molar-refractivity contribution is -0.333. The van der Waals surface area contributed by atoms with Gasteiger partial charge in [-0.2, -0.15) is 26.3 Å². The molecule has 0 amide bonds. The molecule has 0 aliphatic carbocycles. The predicted octanol–water partition coefficient (Wildman–Crippen LogP) is 3.69. The fraction of sp³-hybridized carbons (Fsp3) is 0.714. The number of halogens is 6. The Hall–Kier alpha value is -0.680. The first-order chi connectivity index (χ1) is 5.56. The molecule has 0 spiro atoms. The van der Waals surface area contributed by atoms with Crippen LogP contribution in [0.25, 0.3) is 0 Å². The van der Waals surface area contributed by atoms with Crippen molar-refractivity contribution in [2.24, 2.45) is 5.41 Å². The minimum atomic E-state index is -5.31. The van der Waals surface area contributed by atoms with E-state index in [1.807, 2.05) is 0 Å². The summed E-state index contributed by atoms with van der Waals surface area (Å²) in [7, 11) is 0. The molecule has 0 heterocycles. The molecule has 0 bridgehead atoms. The lowest BCUT2D eigenvalue weighted by atomic mass is 9.85. The van der Waals surface area contributed by atoms with Crippen LogP contribution in [0, 0.1) is 5.41 Å². The largest absolute Gasteiger partial charge is 0.403 e. The SMILES string of the molecule is C=CCC(C)(C(F)(F)F)C(F)(F)F. The molecule has 0 saturated carbocycles. The molecule has 0 aromatic carbocycles. The van der Waals surface area contributed by atoms with Gasteiger partial charge in [-0.25, -0.2) is 0 Å². The van der Waals surface area contributed by atoms with Crippen molar-refractivity contribution in [3.8, 4) is 0 Å². The third kappa shape index (κ3) is 2.16. The van der Waals surface area contributed by atoms with E-state index in [0.29, 0.717) is 6.08 Å². The van der Waals surface area contributed by atoms with Gasteiger partial charge in [0, 0.05) is 0 Å². The number of allylic oxidation sites excluding steroid dienone is 1. The maximum absolute atomic E-state index is 12.0. The fourth-order valence-corrected chi connectivity index (χ4v) is 0.681. The van der Waals surface area contributed by atoms with E-state index < -0.39 is 24.2 Å². The van der Waals surface area contributed by atoms with Crippen LogP contribution in [-0.2, 0) is 0 Å². The van der Waals surface area contributed by atoms with Crippen molar-refractivity contribution >= 4 is 0 Å². The molecular weight excluding hydrogens is 198 g/mol. The van der Waals surface area contributed by atoms with Crippen LogP contribution in [0.3, 0.4) is 0 Å². The molecule has 0 aliphatic heterocycles. The molecule has 0 unspecified atom stereocenters. The minimum absolute atomic E-state index is 0.120. The van der Waals surface area contributed by atoms with E-state index >= 15 is 0 Å². The third-order valence-electron chi connectivity index (χ3n) is 1.80. The van der Waals surface area contributed by atoms with Crippen molar-refractivity contribution in [2.75, 3.05) is 0 Å². The zero-order valence-corrected chi connectivity index (χ0v) is 6.76. The fourth-order valence-electron chi connectivity index (χ4n) is 0.681. The van der Waals surface area contributed by atoms with E-state index in [1.54, 1.807) is 0 Å². The van der Waals surface area contributed by atoms with Gasteiger partial charge in [0.2, 0.25) is 0 Å². The van der Waals surface area contributed by atoms with Crippen LogP contribution >= 0.6 is 0 Å². The molecule has 0 nitrogen and oxygen atoms in total. The van der Waals surface area contributed by atoms with Crippen molar-refractivity contribution in [3.05, 3.63) is 12.7 Å². The second-order valence-corrected chi connectivity index (χ2v) is 2.82. The molecule has 13 heavy (non-hydrogen) atoms. The first-order valence-corrected chi connectivity index (χ1v) is 3.30. The Morgan fingerprint density at radius 2 is 1.31 bits per heavy atom. The molecule has 0 rings (SSSR count). The molecule has 0 aromatic rings. The summed E-state index contributed by atoms with van der Waals surface area (Å²) in [5.41, 5.74) is -3.69. The minimum Gasteiger partial charge on any atom is -0.170 e. The second kappa shape index (κ2) is 3.23. The number of rotatable bonds is 2. The highest BCUT2D eigenvalue weighted by Crippen LogP contribution is 2.52. The highest BCUT2D eigenvalue weighted by molar-refractivity contribution is 4.94. The van der Waals surface area contributed by atoms with Gasteiger partial charge in [0.25, 0.3) is 0 Å². The first kappa shape index (κ1) is 12.3. The topological polar surface area (TPSA) is 0 Å². The van der Waals surface area contributed by atoms with Gasteiger partial charge in [-0.3, -0.25) is 0 Å². The van der Waals surface area contributed by atoms with Gasteiger partial charge in [-0.1, -0.05) is 6.08 Å². The third-order valence-corrected chi connectivity index (χ3v) is 1.80. The Kier molecular flexibility index (Phi) is 3.06. The van der Waals surface area contributed by atoms with Crippen LogP contribution in [0.2, 0.25) is 0 Å².